The van der Waals surface area contributed by atoms with Gasteiger partial charge in [0.05, 0.1) is 18.8 Å². The van der Waals surface area contributed by atoms with Crippen LogP contribution in [0.1, 0.15) is 36.6 Å². The molecular formula is C19H27IN4. The van der Waals surface area contributed by atoms with E-state index >= 15 is 0 Å². The molecule has 1 heterocycles. The molecule has 0 amide bonds. The molecule has 0 aliphatic rings. The molecule has 4 nitrogen and oxygen atoms in total. The molecular weight excluding hydrogens is 411 g/mol. The highest BCUT2D eigenvalue weighted by Crippen LogP contribution is 2.04. The third-order valence-corrected chi connectivity index (χ3v) is 3.53. The molecule has 2 aromatic rings. The van der Waals surface area contributed by atoms with Gasteiger partial charge in [-0.2, -0.15) is 0 Å². The summed E-state index contributed by atoms with van der Waals surface area (Å²) in [5, 5.41) is 6.74. The minimum absolute atomic E-state index is 0. The van der Waals surface area contributed by atoms with Crippen molar-refractivity contribution in [1.82, 2.24) is 15.6 Å². The Kier molecular flexibility index (Phi) is 10.1. The number of aryl methyl sites for hydroxylation is 1. The zero-order valence-electron chi connectivity index (χ0n) is 14.5. The minimum atomic E-state index is 0. The molecule has 0 aliphatic carbocycles. The Morgan fingerprint density at radius 3 is 2.54 bits per heavy atom. The topological polar surface area (TPSA) is 49.3 Å². The predicted octanol–water partition coefficient (Wildman–Crippen LogP) is 4.04. The number of aromatic nitrogens is 1. The van der Waals surface area contributed by atoms with Gasteiger partial charge in [0.15, 0.2) is 5.96 Å². The number of guanidine groups is 1. The molecule has 0 atom stereocenters. The number of unbranched alkanes of at least 4 members (excludes halogenated alkanes) is 1. The Bertz CT molecular complexity index is 597. The number of hydrogen-bond donors (Lipinski definition) is 2. The van der Waals surface area contributed by atoms with Crippen LogP contribution in [0.15, 0.2) is 53.7 Å². The number of pyridine rings is 1. The first-order valence-corrected chi connectivity index (χ1v) is 8.25. The largest absolute Gasteiger partial charge is 0.356 e. The van der Waals surface area contributed by atoms with Crippen LogP contribution in [0.5, 0.6) is 0 Å². The Hall–Kier alpha value is -1.63. The fourth-order valence-electron chi connectivity index (χ4n) is 2.10. The van der Waals surface area contributed by atoms with Crippen LogP contribution < -0.4 is 10.6 Å². The maximum Gasteiger partial charge on any atom is 0.191 e. The highest BCUT2D eigenvalue weighted by molar-refractivity contribution is 14.0. The number of benzene rings is 1. The van der Waals surface area contributed by atoms with Crippen molar-refractivity contribution in [3.05, 3.63) is 65.5 Å². The number of aliphatic imine (C=N–C) groups is 1. The summed E-state index contributed by atoms with van der Waals surface area (Å²) in [7, 11) is 0. The lowest BCUT2D eigenvalue weighted by Crippen LogP contribution is -2.37. The van der Waals surface area contributed by atoms with Crippen LogP contribution in [0.2, 0.25) is 0 Å². The zero-order valence-corrected chi connectivity index (χ0v) is 16.8. The van der Waals surface area contributed by atoms with E-state index in [1.807, 2.05) is 24.4 Å². The summed E-state index contributed by atoms with van der Waals surface area (Å²) < 4.78 is 0. The maximum absolute atomic E-state index is 4.68. The smallest absolute Gasteiger partial charge is 0.191 e. The molecule has 2 rings (SSSR count). The highest BCUT2D eigenvalue weighted by Gasteiger charge is 2.00. The minimum Gasteiger partial charge on any atom is -0.356 e. The molecule has 24 heavy (non-hydrogen) atoms. The van der Waals surface area contributed by atoms with E-state index < -0.39 is 0 Å². The van der Waals surface area contributed by atoms with Gasteiger partial charge in [-0.3, -0.25) is 4.98 Å². The SMILES string of the molecule is CCCCNC(=NCc1ccc(C)cc1)NCc1ccccn1.I. The highest BCUT2D eigenvalue weighted by atomic mass is 127. The molecule has 0 saturated heterocycles. The molecule has 0 aliphatic heterocycles. The first-order chi connectivity index (χ1) is 11.3. The summed E-state index contributed by atoms with van der Waals surface area (Å²) in [4.78, 5) is 9.01. The summed E-state index contributed by atoms with van der Waals surface area (Å²) in [5.41, 5.74) is 3.49. The Morgan fingerprint density at radius 1 is 1.08 bits per heavy atom. The van der Waals surface area contributed by atoms with Crippen LogP contribution in [-0.2, 0) is 13.1 Å². The third-order valence-electron chi connectivity index (χ3n) is 3.53. The normalized spacial score (nSPS) is 10.8. The van der Waals surface area contributed by atoms with Gasteiger partial charge >= 0.3 is 0 Å². The standard InChI is InChI=1S/C19H26N4.HI/c1-3-4-12-21-19(23-15-18-7-5-6-13-20-18)22-14-17-10-8-16(2)9-11-17;/h5-11,13H,3-4,12,14-15H2,1-2H3,(H2,21,22,23);1H. The van der Waals surface area contributed by atoms with E-state index in [0.29, 0.717) is 13.1 Å². The second kappa shape index (κ2) is 11.8. The van der Waals surface area contributed by atoms with Crippen molar-refractivity contribution in [3.63, 3.8) is 0 Å². The lowest BCUT2D eigenvalue weighted by atomic mass is 10.1. The van der Waals surface area contributed by atoms with Gasteiger partial charge in [-0.1, -0.05) is 49.2 Å². The lowest BCUT2D eigenvalue weighted by molar-refractivity contribution is 0.721. The van der Waals surface area contributed by atoms with Crippen LogP contribution in [0.4, 0.5) is 0 Å². The van der Waals surface area contributed by atoms with E-state index in [2.05, 4.69) is 58.7 Å². The summed E-state index contributed by atoms with van der Waals surface area (Å²) in [6.07, 6.45) is 4.11. The fraction of sp³-hybridized carbons (Fsp3) is 0.368. The second-order valence-corrected chi connectivity index (χ2v) is 5.61. The van der Waals surface area contributed by atoms with Crippen LogP contribution in [0.25, 0.3) is 0 Å². The van der Waals surface area contributed by atoms with Gasteiger partial charge < -0.3 is 10.6 Å². The van der Waals surface area contributed by atoms with Crippen LogP contribution in [0, 0.1) is 6.92 Å². The van der Waals surface area contributed by atoms with Crippen molar-refractivity contribution in [1.29, 1.82) is 0 Å². The fourth-order valence-corrected chi connectivity index (χ4v) is 2.10. The van der Waals surface area contributed by atoms with E-state index in [9.17, 15) is 0 Å². The van der Waals surface area contributed by atoms with Crippen molar-refractivity contribution in [2.45, 2.75) is 39.8 Å². The third kappa shape index (κ3) is 7.77. The van der Waals surface area contributed by atoms with Crippen LogP contribution >= 0.6 is 24.0 Å². The van der Waals surface area contributed by atoms with Gasteiger partial charge in [0, 0.05) is 12.7 Å². The summed E-state index contributed by atoms with van der Waals surface area (Å²) in [6.45, 7) is 6.56. The molecule has 130 valence electrons. The lowest BCUT2D eigenvalue weighted by Gasteiger charge is -2.12. The monoisotopic (exact) mass is 438 g/mol. The van der Waals surface area contributed by atoms with Gasteiger partial charge in [0.1, 0.15) is 0 Å². The molecule has 0 unspecified atom stereocenters. The second-order valence-electron chi connectivity index (χ2n) is 5.61. The first-order valence-electron chi connectivity index (χ1n) is 8.25. The van der Waals surface area contributed by atoms with Gasteiger partial charge in [0.25, 0.3) is 0 Å². The number of rotatable bonds is 7. The van der Waals surface area contributed by atoms with Crippen molar-refractivity contribution in [3.8, 4) is 0 Å². The van der Waals surface area contributed by atoms with E-state index in [1.54, 1.807) is 0 Å². The number of nitrogens with zero attached hydrogens (tertiary/aromatic N) is 2. The molecule has 0 radical (unpaired) electrons. The summed E-state index contributed by atoms with van der Waals surface area (Å²) in [6, 6.07) is 14.4. The molecule has 1 aromatic carbocycles. The number of halogens is 1. The molecule has 0 fully saturated rings. The van der Waals surface area contributed by atoms with Crippen LogP contribution in [0.3, 0.4) is 0 Å². The number of hydrogen-bond acceptors (Lipinski definition) is 2. The van der Waals surface area contributed by atoms with E-state index in [1.165, 1.54) is 17.5 Å². The Balaban J connectivity index is 0.00000288. The van der Waals surface area contributed by atoms with Crippen molar-refractivity contribution >= 4 is 29.9 Å². The average Bonchev–Trinajstić information content (AvgIpc) is 2.59. The van der Waals surface area contributed by atoms with Crippen molar-refractivity contribution in [2.75, 3.05) is 6.54 Å². The summed E-state index contributed by atoms with van der Waals surface area (Å²) >= 11 is 0. The number of nitrogens with one attached hydrogen (secondary N) is 2. The average molecular weight is 438 g/mol. The van der Waals surface area contributed by atoms with E-state index in [4.69, 9.17) is 0 Å². The Labute approximate surface area is 162 Å². The van der Waals surface area contributed by atoms with E-state index in [0.717, 1.165) is 24.6 Å². The molecule has 2 N–H and O–H groups in total. The molecule has 1 aromatic heterocycles. The van der Waals surface area contributed by atoms with Gasteiger partial charge in [-0.15, -0.1) is 24.0 Å². The molecule has 0 spiro atoms. The quantitative estimate of drug-likeness (QED) is 0.297. The first kappa shape index (κ1) is 20.4. The van der Waals surface area contributed by atoms with Crippen molar-refractivity contribution < 1.29 is 0 Å². The predicted molar refractivity (Wildman–Crippen MR) is 112 cm³/mol. The molecule has 0 bridgehead atoms. The van der Waals surface area contributed by atoms with Gasteiger partial charge in [0.2, 0.25) is 0 Å². The molecule has 5 heteroatoms. The van der Waals surface area contributed by atoms with Crippen molar-refractivity contribution in [2.24, 2.45) is 4.99 Å². The van der Waals surface area contributed by atoms with E-state index in [-0.39, 0.29) is 24.0 Å². The molecule has 0 saturated carbocycles. The summed E-state index contributed by atoms with van der Waals surface area (Å²) in [5.74, 6) is 0.838. The van der Waals surface area contributed by atoms with Gasteiger partial charge in [-0.25, -0.2) is 4.99 Å². The maximum atomic E-state index is 4.68. The van der Waals surface area contributed by atoms with Crippen LogP contribution in [-0.4, -0.2) is 17.5 Å². The van der Waals surface area contributed by atoms with Gasteiger partial charge in [-0.05, 0) is 31.0 Å². The Morgan fingerprint density at radius 2 is 1.88 bits per heavy atom. The zero-order chi connectivity index (χ0) is 16.3.